The first-order chi connectivity index (χ1) is 10.1. The Morgan fingerprint density at radius 2 is 1.62 bits per heavy atom. The number of rotatable bonds is 6. The van der Waals surface area contributed by atoms with Gasteiger partial charge in [-0.1, -0.05) is 34.1 Å². The lowest BCUT2D eigenvalue weighted by atomic mass is 10.0. The Bertz CT molecular complexity index is 598. The fraction of sp³-hybridized carbons (Fsp3) is 0.294. The Labute approximate surface area is 133 Å². The molecule has 2 aromatic carbocycles. The van der Waals surface area contributed by atoms with Gasteiger partial charge in [0.1, 0.15) is 0 Å². The van der Waals surface area contributed by atoms with Crippen LogP contribution in [0.2, 0.25) is 0 Å². The summed E-state index contributed by atoms with van der Waals surface area (Å²) in [5.74, 6) is 1.38. The summed E-state index contributed by atoms with van der Waals surface area (Å²) >= 11 is 3.44. The molecule has 2 aromatic rings. The van der Waals surface area contributed by atoms with E-state index in [1.165, 1.54) is 0 Å². The lowest BCUT2D eigenvalue weighted by molar-refractivity contribution is 0.175. The second-order valence-electron chi connectivity index (χ2n) is 4.88. The lowest BCUT2D eigenvalue weighted by Gasteiger charge is -2.13. The van der Waals surface area contributed by atoms with E-state index < -0.39 is 6.10 Å². The maximum absolute atomic E-state index is 10.2. The zero-order valence-corrected chi connectivity index (χ0v) is 13.8. The molecule has 3 nitrogen and oxygen atoms in total. The van der Waals surface area contributed by atoms with Crippen LogP contribution in [-0.4, -0.2) is 25.4 Å². The number of ether oxygens (including phenoxy) is 2. The zero-order chi connectivity index (χ0) is 15.2. The van der Waals surface area contributed by atoms with Crippen LogP contribution >= 0.6 is 15.9 Å². The van der Waals surface area contributed by atoms with Crippen LogP contribution in [0, 0.1) is 0 Å². The van der Waals surface area contributed by atoms with Gasteiger partial charge in [0, 0.05) is 4.47 Å². The summed E-state index contributed by atoms with van der Waals surface area (Å²) in [7, 11) is 3.22. The van der Waals surface area contributed by atoms with Crippen molar-refractivity contribution >= 4 is 15.9 Å². The molecule has 0 bridgehead atoms. The smallest absolute Gasteiger partial charge is 0.160 e. The molecule has 0 aliphatic carbocycles. The fourth-order valence-corrected chi connectivity index (χ4v) is 2.73. The van der Waals surface area contributed by atoms with Gasteiger partial charge in [-0.25, -0.2) is 0 Å². The standard InChI is InChI=1S/C17H19BrO3/c1-20-16-7-6-13(11-17(16)21-2)10-15(19)9-12-4-3-5-14(18)8-12/h3-8,11,15,19H,9-10H2,1-2H3. The first-order valence-electron chi connectivity index (χ1n) is 6.75. The van der Waals surface area contributed by atoms with Gasteiger partial charge in [0.05, 0.1) is 20.3 Å². The predicted octanol–water partition coefficient (Wildman–Crippen LogP) is 3.61. The molecule has 0 heterocycles. The van der Waals surface area contributed by atoms with Crippen molar-refractivity contribution in [3.63, 3.8) is 0 Å². The van der Waals surface area contributed by atoms with Crippen LogP contribution in [0.25, 0.3) is 0 Å². The van der Waals surface area contributed by atoms with E-state index in [0.717, 1.165) is 15.6 Å². The molecule has 4 heteroatoms. The van der Waals surface area contributed by atoms with Gasteiger partial charge in [-0.3, -0.25) is 0 Å². The molecule has 1 unspecified atom stereocenters. The summed E-state index contributed by atoms with van der Waals surface area (Å²) in [6.45, 7) is 0. The third-order valence-corrected chi connectivity index (χ3v) is 3.77. The van der Waals surface area contributed by atoms with Crippen LogP contribution < -0.4 is 9.47 Å². The number of aliphatic hydroxyl groups is 1. The van der Waals surface area contributed by atoms with Crippen molar-refractivity contribution in [2.24, 2.45) is 0 Å². The summed E-state index contributed by atoms with van der Waals surface area (Å²) in [6.07, 6.45) is 0.762. The largest absolute Gasteiger partial charge is 0.493 e. The molecule has 0 saturated carbocycles. The SMILES string of the molecule is COc1ccc(CC(O)Cc2cccc(Br)c2)cc1OC. The molecule has 2 rings (SSSR count). The molecule has 0 aromatic heterocycles. The van der Waals surface area contributed by atoms with Crippen LogP contribution in [0.1, 0.15) is 11.1 Å². The predicted molar refractivity (Wildman–Crippen MR) is 87.1 cm³/mol. The molecular weight excluding hydrogens is 332 g/mol. The number of aliphatic hydroxyl groups excluding tert-OH is 1. The van der Waals surface area contributed by atoms with E-state index in [4.69, 9.17) is 9.47 Å². The van der Waals surface area contributed by atoms with Gasteiger partial charge in [0.15, 0.2) is 11.5 Å². The second-order valence-corrected chi connectivity index (χ2v) is 5.80. The highest BCUT2D eigenvalue weighted by Crippen LogP contribution is 2.28. The third kappa shape index (κ3) is 4.48. The van der Waals surface area contributed by atoms with Crippen molar-refractivity contribution in [2.45, 2.75) is 18.9 Å². The Kier molecular flexibility index (Phi) is 5.65. The molecule has 0 amide bonds. The van der Waals surface area contributed by atoms with E-state index in [1.807, 2.05) is 42.5 Å². The van der Waals surface area contributed by atoms with Crippen LogP contribution in [-0.2, 0) is 12.8 Å². The van der Waals surface area contributed by atoms with Gasteiger partial charge in [0.2, 0.25) is 0 Å². The summed E-state index contributed by atoms with van der Waals surface area (Å²) in [5, 5.41) is 10.2. The first-order valence-corrected chi connectivity index (χ1v) is 7.55. The Balaban J connectivity index is 2.04. The maximum Gasteiger partial charge on any atom is 0.160 e. The number of benzene rings is 2. The summed E-state index contributed by atoms with van der Waals surface area (Å²) < 4.78 is 11.5. The molecule has 1 N–H and O–H groups in total. The van der Waals surface area contributed by atoms with Gasteiger partial charge < -0.3 is 14.6 Å². The van der Waals surface area contributed by atoms with Gasteiger partial charge in [-0.15, -0.1) is 0 Å². The van der Waals surface area contributed by atoms with Crippen LogP contribution in [0.15, 0.2) is 46.9 Å². The number of hydrogen-bond acceptors (Lipinski definition) is 3. The Morgan fingerprint density at radius 1 is 0.952 bits per heavy atom. The van der Waals surface area contributed by atoms with Crippen LogP contribution in [0.5, 0.6) is 11.5 Å². The summed E-state index contributed by atoms with van der Waals surface area (Å²) in [4.78, 5) is 0. The molecule has 21 heavy (non-hydrogen) atoms. The first kappa shape index (κ1) is 15.9. The average molecular weight is 351 g/mol. The van der Waals surface area contributed by atoms with Crippen molar-refractivity contribution in [3.8, 4) is 11.5 Å². The minimum absolute atomic E-state index is 0.433. The normalized spacial score (nSPS) is 12.0. The topological polar surface area (TPSA) is 38.7 Å². The molecule has 1 atom stereocenters. The van der Waals surface area contributed by atoms with E-state index in [2.05, 4.69) is 15.9 Å². The van der Waals surface area contributed by atoms with E-state index in [0.29, 0.717) is 24.3 Å². The third-order valence-electron chi connectivity index (χ3n) is 3.28. The monoisotopic (exact) mass is 350 g/mol. The Hall–Kier alpha value is -1.52. The van der Waals surface area contributed by atoms with Crippen molar-refractivity contribution in [1.82, 2.24) is 0 Å². The van der Waals surface area contributed by atoms with Crippen LogP contribution in [0.3, 0.4) is 0 Å². The van der Waals surface area contributed by atoms with Gasteiger partial charge in [0.25, 0.3) is 0 Å². The van der Waals surface area contributed by atoms with Gasteiger partial charge in [-0.05, 0) is 48.2 Å². The molecular formula is C17H19BrO3. The maximum atomic E-state index is 10.2. The lowest BCUT2D eigenvalue weighted by Crippen LogP contribution is -2.14. The van der Waals surface area contributed by atoms with E-state index in [9.17, 15) is 5.11 Å². The fourth-order valence-electron chi connectivity index (χ4n) is 2.29. The molecule has 0 aliphatic heterocycles. The summed E-state index contributed by atoms with van der Waals surface area (Å²) in [5.41, 5.74) is 2.13. The highest BCUT2D eigenvalue weighted by molar-refractivity contribution is 9.10. The van der Waals surface area contributed by atoms with Gasteiger partial charge in [-0.2, -0.15) is 0 Å². The van der Waals surface area contributed by atoms with E-state index in [-0.39, 0.29) is 0 Å². The zero-order valence-electron chi connectivity index (χ0n) is 12.2. The number of methoxy groups -OCH3 is 2. The average Bonchev–Trinajstić information content (AvgIpc) is 2.47. The highest BCUT2D eigenvalue weighted by Gasteiger charge is 2.10. The molecule has 0 spiro atoms. The quantitative estimate of drug-likeness (QED) is 0.864. The van der Waals surface area contributed by atoms with E-state index in [1.54, 1.807) is 14.2 Å². The molecule has 0 aliphatic rings. The molecule has 0 radical (unpaired) electrons. The van der Waals surface area contributed by atoms with Crippen molar-refractivity contribution < 1.29 is 14.6 Å². The molecule has 0 saturated heterocycles. The summed E-state index contributed by atoms with van der Waals surface area (Å²) in [6, 6.07) is 13.7. The number of halogens is 1. The van der Waals surface area contributed by atoms with Crippen molar-refractivity contribution in [2.75, 3.05) is 14.2 Å². The van der Waals surface area contributed by atoms with Crippen molar-refractivity contribution in [1.29, 1.82) is 0 Å². The Morgan fingerprint density at radius 3 is 2.24 bits per heavy atom. The van der Waals surface area contributed by atoms with Gasteiger partial charge >= 0.3 is 0 Å². The minimum Gasteiger partial charge on any atom is -0.493 e. The van der Waals surface area contributed by atoms with E-state index >= 15 is 0 Å². The highest BCUT2D eigenvalue weighted by atomic mass is 79.9. The minimum atomic E-state index is -0.433. The molecule has 0 fully saturated rings. The second kappa shape index (κ2) is 7.48. The molecule has 112 valence electrons. The van der Waals surface area contributed by atoms with Crippen molar-refractivity contribution in [3.05, 3.63) is 58.1 Å². The van der Waals surface area contributed by atoms with Crippen LogP contribution in [0.4, 0.5) is 0 Å². The number of hydrogen-bond donors (Lipinski definition) is 1.